The van der Waals surface area contributed by atoms with Crippen LogP contribution in [0.3, 0.4) is 0 Å². The standard InChI is InChI=1S/C15H20N2OS/c1-11(2)8-16-9-13-4-6-14(7-5-13)19-15-17-12(3)10-18-15/h4-7,10-11,16H,8-9H2,1-3H3. The predicted octanol–water partition coefficient (Wildman–Crippen LogP) is 3.88. The summed E-state index contributed by atoms with van der Waals surface area (Å²) in [6.45, 7) is 8.32. The summed E-state index contributed by atoms with van der Waals surface area (Å²) in [5.74, 6) is 0.683. The number of aromatic nitrogens is 1. The Balaban J connectivity index is 1.87. The molecule has 0 aliphatic rings. The third-order valence-electron chi connectivity index (χ3n) is 2.61. The van der Waals surface area contributed by atoms with Gasteiger partial charge in [-0.2, -0.15) is 0 Å². The van der Waals surface area contributed by atoms with Crippen molar-refractivity contribution in [2.45, 2.75) is 37.4 Å². The van der Waals surface area contributed by atoms with Gasteiger partial charge in [0, 0.05) is 11.4 Å². The molecule has 2 aromatic rings. The minimum Gasteiger partial charge on any atom is -0.439 e. The normalized spacial score (nSPS) is 11.2. The van der Waals surface area contributed by atoms with Crippen LogP contribution in [-0.4, -0.2) is 11.5 Å². The molecular weight excluding hydrogens is 256 g/mol. The van der Waals surface area contributed by atoms with Gasteiger partial charge in [0.2, 0.25) is 0 Å². The van der Waals surface area contributed by atoms with Crippen LogP contribution in [0, 0.1) is 12.8 Å². The van der Waals surface area contributed by atoms with Crippen molar-refractivity contribution >= 4 is 11.8 Å². The molecule has 0 bridgehead atoms. The molecule has 19 heavy (non-hydrogen) atoms. The second-order valence-electron chi connectivity index (χ2n) is 5.03. The molecule has 0 spiro atoms. The number of aryl methyl sites for hydroxylation is 1. The van der Waals surface area contributed by atoms with Gasteiger partial charge in [-0.15, -0.1) is 0 Å². The Labute approximate surface area is 118 Å². The first-order valence-corrected chi connectivity index (χ1v) is 7.35. The van der Waals surface area contributed by atoms with E-state index in [1.807, 2.05) is 6.92 Å². The summed E-state index contributed by atoms with van der Waals surface area (Å²) in [6, 6.07) is 8.50. The van der Waals surface area contributed by atoms with E-state index in [2.05, 4.69) is 48.4 Å². The van der Waals surface area contributed by atoms with Gasteiger partial charge in [-0.3, -0.25) is 0 Å². The van der Waals surface area contributed by atoms with Gasteiger partial charge < -0.3 is 9.73 Å². The van der Waals surface area contributed by atoms with Crippen molar-refractivity contribution < 1.29 is 4.42 Å². The molecule has 0 aliphatic heterocycles. The Morgan fingerprint density at radius 1 is 1.26 bits per heavy atom. The molecule has 1 N–H and O–H groups in total. The molecule has 1 heterocycles. The van der Waals surface area contributed by atoms with Gasteiger partial charge in [0.25, 0.3) is 5.22 Å². The number of nitrogens with one attached hydrogen (secondary N) is 1. The van der Waals surface area contributed by atoms with Crippen LogP contribution in [0.4, 0.5) is 0 Å². The summed E-state index contributed by atoms with van der Waals surface area (Å²) in [6.07, 6.45) is 1.67. The van der Waals surface area contributed by atoms with E-state index in [-0.39, 0.29) is 0 Å². The zero-order valence-electron chi connectivity index (χ0n) is 11.6. The van der Waals surface area contributed by atoms with Crippen molar-refractivity contribution in [1.82, 2.24) is 10.3 Å². The molecule has 0 amide bonds. The van der Waals surface area contributed by atoms with Crippen molar-refractivity contribution in [2.24, 2.45) is 5.92 Å². The molecule has 2 rings (SSSR count). The predicted molar refractivity (Wildman–Crippen MR) is 78.3 cm³/mol. The fraction of sp³-hybridized carbons (Fsp3) is 0.400. The second kappa shape index (κ2) is 6.78. The van der Waals surface area contributed by atoms with Gasteiger partial charge >= 0.3 is 0 Å². The zero-order valence-corrected chi connectivity index (χ0v) is 12.5. The van der Waals surface area contributed by atoms with Crippen molar-refractivity contribution in [3.05, 3.63) is 41.8 Å². The van der Waals surface area contributed by atoms with E-state index in [0.717, 1.165) is 23.7 Å². The highest BCUT2D eigenvalue weighted by Crippen LogP contribution is 2.26. The smallest absolute Gasteiger partial charge is 0.260 e. The summed E-state index contributed by atoms with van der Waals surface area (Å²) in [7, 11) is 0. The molecule has 0 fully saturated rings. The van der Waals surface area contributed by atoms with Crippen molar-refractivity contribution in [3.8, 4) is 0 Å². The Morgan fingerprint density at radius 2 is 2.00 bits per heavy atom. The van der Waals surface area contributed by atoms with Crippen LogP contribution in [0.15, 0.2) is 45.1 Å². The lowest BCUT2D eigenvalue weighted by Gasteiger charge is -2.07. The fourth-order valence-corrected chi connectivity index (χ4v) is 2.42. The molecule has 0 unspecified atom stereocenters. The molecule has 0 radical (unpaired) electrons. The largest absolute Gasteiger partial charge is 0.439 e. The van der Waals surface area contributed by atoms with Crippen LogP contribution in [0.1, 0.15) is 25.1 Å². The van der Waals surface area contributed by atoms with Gasteiger partial charge in [0.05, 0.1) is 5.69 Å². The van der Waals surface area contributed by atoms with Crippen LogP contribution in [0.5, 0.6) is 0 Å². The van der Waals surface area contributed by atoms with E-state index in [9.17, 15) is 0 Å². The number of hydrogen-bond donors (Lipinski definition) is 1. The summed E-state index contributed by atoms with van der Waals surface area (Å²) < 4.78 is 5.33. The van der Waals surface area contributed by atoms with Crippen LogP contribution < -0.4 is 5.32 Å². The van der Waals surface area contributed by atoms with Crippen LogP contribution in [0.25, 0.3) is 0 Å². The zero-order chi connectivity index (χ0) is 13.7. The van der Waals surface area contributed by atoms with Gasteiger partial charge in [0.1, 0.15) is 6.26 Å². The molecule has 0 aliphatic carbocycles. The molecule has 1 aromatic carbocycles. The van der Waals surface area contributed by atoms with Crippen molar-refractivity contribution in [1.29, 1.82) is 0 Å². The number of oxazole rings is 1. The van der Waals surface area contributed by atoms with E-state index in [0.29, 0.717) is 11.1 Å². The van der Waals surface area contributed by atoms with Gasteiger partial charge in [-0.25, -0.2) is 4.98 Å². The highest BCUT2D eigenvalue weighted by Gasteiger charge is 2.03. The Kier molecular flexibility index (Phi) is 5.05. The van der Waals surface area contributed by atoms with E-state index in [1.165, 1.54) is 5.56 Å². The summed E-state index contributed by atoms with van der Waals surface area (Å²) in [4.78, 5) is 5.43. The quantitative estimate of drug-likeness (QED) is 0.869. The van der Waals surface area contributed by atoms with Crippen molar-refractivity contribution in [3.63, 3.8) is 0 Å². The highest BCUT2D eigenvalue weighted by molar-refractivity contribution is 7.99. The lowest BCUT2D eigenvalue weighted by Crippen LogP contribution is -2.18. The maximum Gasteiger partial charge on any atom is 0.260 e. The molecule has 0 saturated heterocycles. The number of rotatable bonds is 6. The molecule has 4 heteroatoms. The minimum atomic E-state index is 0.683. The molecule has 0 saturated carbocycles. The number of hydrogen-bond acceptors (Lipinski definition) is 4. The van der Waals surface area contributed by atoms with Crippen LogP contribution >= 0.6 is 11.8 Å². The summed E-state index contributed by atoms with van der Waals surface area (Å²) >= 11 is 1.55. The lowest BCUT2D eigenvalue weighted by atomic mass is 10.2. The first-order valence-electron chi connectivity index (χ1n) is 6.53. The Morgan fingerprint density at radius 3 is 2.58 bits per heavy atom. The molecule has 3 nitrogen and oxygen atoms in total. The maximum absolute atomic E-state index is 5.33. The molecule has 0 atom stereocenters. The topological polar surface area (TPSA) is 38.1 Å². The summed E-state index contributed by atoms with van der Waals surface area (Å²) in [5, 5.41) is 4.13. The van der Waals surface area contributed by atoms with Gasteiger partial charge in [0.15, 0.2) is 0 Å². The number of nitrogens with zero attached hydrogens (tertiary/aromatic N) is 1. The van der Waals surface area contributed by atoms with Crippen molar-refractivity contribution in [2.75, 3.05) is 6.54 Å². The number of benzene rings is 1. The highest BCUT2D eigenvalue weighted by atomic mass is 32.2. The van der Waals surface area contributed by atoms with Crippen LogP contribution in [-0.2, 0) is 6.54 Å². The average Bonchev–Trinajstić information content (AvgIpc) is 2.77. The summed E-state index contributed by atoms with van der Waals surface area (Å²) in [5.41, 5.74) is 2.21. The van der Waals surface area contributed by atoms with Crippen LogP contribution in [0.2, 0.25) is 0 Å². The minimum absolute atomic E-state index is 0.683. The first-order chi connectivity index (χ1) is 9.13. The monoisotopic (exact) mass is 276 g/mol. The third kappa shape index (κ3) is 4.73. The maximum atomic E-state index is 5.33. The average molecular weight is 276 g/mol. The van der Waals surface area contributed by atoms with Gasteiger partial charge in [-0.1, -0.05) is 26.0 Å². The molecule has 102 valence electrons. The third-order valence-corrected chi connectivity index (χ3v) is 3.48. The SMILES string of the molecule is Cc1coc(Sc2ccc(CNCC(C)C)cc2)n1. The second-order valence-corrected chi connectivity index (χ2v) is 6.05. The Bertz CT molecular complexity index is 505. The van der Waals surface area contributed by atoms with Gasteiger partial charge in [-0.05, 0) is 48.8 Å². The fourth-order valence-electron chi connectivity index (χ4n) is 1.66. The molecular formula is C15H20N2OS. The van der Waals surface area contributed by atoms with E-state index < -0.39 is 0 Å². The molecule has 1 aromatic heterocycles. The van der Waals surface area contributed by atoms with E-state index >= 15 is 0 Å². The Hall–Kier alpha value is -1.26. The van der Waals surface area contributed by atoms with E-state index in [1.54, 1.807) is 18.0 Å². The first kappa shape index (κ1) is 14.2. The lowest BCUT2D eigenvalue weighted by molar-refractivity contribution is 0.454. The van der Waals surface area contributed by atoms with E-state index in [4.69, 9.17) is 4.42 Å².